The van der Waals surface area contributed by atoms with Crippen LogP contribution >= 0.6 is 12.6 Å². The van der Waals surface area contributed by atoms with Gasteiger partial charge in [-0.1, -0.05) is 18.6 Å². The van der Waals surface area contributed by atoms with E-state index in [1.807, 2.05) is 0 Å². The molecule has 82 valence electrons. The van der Waals surface area contributed by atoms with Crippen molar-refractivity contribution in [2.45, 2.75) is 31.7 Å². The van der Waals surface area contributed by atoms with Gasteiger partial charge in [0, 0.05) is 24.9 Å². The van der Waals surface area contributed by atoms with Gasteiger partial charge in [-0.05, 0) is 25.8 Å². The summed E-state index contributed by atoms with van der Waals surface area (Å²) in [5.74, 6) is 0.818. The average Bonchev–Trinajstić information content (AvgIpc) is 2.21. The van der Waals surface area contributed by atoms with Crippen molar-refractivity contribution < 1.29 is 5.11 Å². The van der Waals surface area contributed by atoms with Crippen LogP contribution in [0.2, 0.25) is 0 Å². The van der Waals surface area contributed by atoms with E-state index in [-0.39, 0.29) is 0 Å². The highest BCUT2D eigenvalue weighted by molar-refractivity contribution is 7.80. The smallest absolute Gasteiger partial charge is 0.0445 e. The SMILES string of the molecule is OCCC1CCCCN1CC=CCS. The lowest BCUT2D eigenvalue weighted by Crippen LogP contribution is -2.40. The monoisotopic (exact) mass is 215 g/mol. The number of hydrogen-bond acceptors (Lipinski definition) is 3. The van der Waals surface area contributed by atoms with E-state index in [9.17, 15) is 0 Å². The molecule has 1 atom stereocenters. The maximum atomic E-state index is 8.95. The largest absolute Gasteiger partial charge is 0.396 e. The summed E-state index contributed by atoms with van der Waals surface area (Å²) in [5, 5.41) is 8.95. The summed E-state index contributed by atoms with van der Waals surface area (Å²) in [5.41, 5.74) is 0. The minimum absolute atomic E-state index is 0.317. The molecule has 0 saturated carbocycles. The molecule has 0 aliphatic carbocycles. The number of nitrogens with zero attached hydrogens (tertiary/aromatic N) is 1. The molecule has 0 radical (unpaired) electrons. The van der Waals surface area contributed by atoms with E-state index in [1.165, 1.54) is 25.8 Å². The Bertz CT molecular complexity index is 171. The first-order valence-corrected chi connectivity index (χ1v) is 6.12. The number of hydrogen-bond donors (Lipinski definition) is 2. The van der Waals surface area contributed by atoms with Gasteiger partial charge >= 0.3 is 0 Å². The fraction of sp³-hybridized carbons (Fsp3) is 0.818. The molecule has 1 unspecified atom stereocenters. The molecule has 14 heavy (non-hydrogen) atoms. The second kappa shape index (κ2) is 7.32. The molecule has 1 saturated heterocycles. The predicted octanol–water partition coefficient (Wildman–Crippen LogP) is 1.71. The molecule has 0 aromatic carbocycles. The number of aliphatic hydroxyl groups excluding tert-OH is 1. The normalized spacial score (nSPS) is 24.6. The van der Waals surface area contributed by atoms with Crippen LogP contribution in [-0.2, 0) is 0 Å². The van der Waals surface area contributed by atoms with Gasteiger partial charge in [0.25, 0.3) is 0 Å². The van der Waals surface area contributed by atoms with E-state index in [0.29, 0.717) is 12.6 Å². The van der Waals surface area contributed by atoms with Crippen LogP contribution in [0.15, 0.2) is 12.2 Å². The second-order valence-electron chi connectivity index (χ2n) is 3.81. The zero-order valence-corrected chi connectivity index (χ0v) is 9.62. The van der Waals surface area contributed by atoms with Crippen molar-refractivity contribution >= 4 is 12.6 Å². The van der Waals surface area contributed by atoms with Gasteiger partial charge < -0.3 is 5.11 Å². The molecule has 1 N–H and O–H groups in total. The van der Waals surface area contributed by atoms with Gasteiger partial charge in [0.1, 0.15) is 0 Å². The summed E-state index contributed by atoms with van der Waals surface area (Å²) in [4.78, 5) is 2.47. The fourth-order valence-electron chi connectivity index (χ4n) is 2.06. The lowest BCUT2D eigenvalue weighted by molar-refractivity contribution is 0.132. The zero-order valence-electron chi connectivity index (χ0n) is 8.73. The third-order valence-electron chi connectivity index (χ3n) is 2.82. The summed E-state index contributed by atoms with van der Waals surface area (Å²) in [6, 6.07) is 0.596. The number of thiol groups is 1. The van der Waals surface area contributed by atoms with Crippen LogP contribution in [0.4, 0.5) is 0 Å². The number of likely N-dealkylation sites (tertiary alicyclic amines) is 1. The van der Waals surface area contributed by atoms with Crippen molar-refractivity contribution in [1.29, 1.82) is 0 Å². The second-order valence-corrected chi connectivity index (χ2v) is 4.18. The van der Waals surface area contributed by atoms with E-state index in [4.69, 9.17) is 5.11 Å². The van der Waals surface area contributed by atoms with Crippen LogP contribution in [0, 0.1) is 0 Å². The van der Waals surface area contributed by atoms with Gasteiger partial charge in [0.15, 0.2) is 0 Å². The van der Waals surface area contributed by atoms with E-state index in [2.05, 4.69) is 29.7 Å². The molecule has 0 aromatic heterocycles. The Morgan fingerprint density at radius 3 is 2.93 bits per heavy atom. The van der Waals surface area contributed by atoms with Gasteiger partial charge in [0.05, 0.1) is 0 Å². The molecule has 1 rings (SSSR count). The molecule has 0 bridgehead atoms. The van der Waals surface area contributed by atoms with E-state index in [1.54, 1.807) is 0 Å². The average molecular weight is 215 g/mol. The molecule has 0 aromatic rings. The zero-order chi connectivity index (χ0) is 10.2. The first kappa shape index (κ1) is 12.1. The van der Waals surface area contributed by atoms with Gasteiger partial charge in [-0.2, -0.15) is 12.6 Å². The summed E-state index contributed by atoms with van der Waals surface area (Å²) >= 11 is 4.14. The molecular formula is C11H21NOS. The summed E-state index contributed by atoms with van der Waals surface area (Å²) in [6.07, 6.45) is 9.06. The van der Waals surface area contributed by atoms with Crippen molar-refractivity contribution in [1.82, 2.24) is 4.90 Å². The van der Waals surface area contributed by atoms with Crippen molar-refractivity contribution in [2.75, 3.05) is 25.4 Å². The Kier molecular flexibility index (Phi) is 6.32. The lowest BCUT2D eigenvalue weighted by atomic mass is 10.00. The Morgan fingerprint density at radius 2 is 2.21 bits per heavy atom. The number of piperidine rings is 1. The first-order chi connectivity index (χ1) is 6.88. The van der Waals surface area contributed by atoms with E-state index < -0.39 is 0 Å². The quantitative estimate of drug-likeness (QED) is 0.539. The van der Waals surface area contributed by atoms with Crippen molar-refractivity contribution in [2.24, 2.45) is 0 Å². The third-order valence-corrected chi connectivity index (χ3v) is 3.03. The van der Waals surface area contributed by atoms with Gasteiger partial charge in [-0.15, -0.1) is 0 Å². The predicted molar refractivity (Wildman–Crippen MR) is 63.9 cm³/mol. The summed E-state index contributed by atoms with van der Waals surface area (Å²) < 4.78 is 0. The standard InChI is InChI=1S/C11H21NOS/c13-9-6-11-5-1-2-7-12(11)8-3-4-10-14/h3-4,11,13-14H,1-2,5-10H2. The lowest BCUT2D eigenvalue weighted by Gasteiger charge is -2.34. The maximum absolute atomic E-state index is 8.95. The first-order valence-electron chi connectivity index (χ1n) is 5.49. The van der Waals surface area contributed by atoms with Crippen LogP contribution < -0.4 is 0 Å². The summed E-state index contributed by atoms with van der Waals surface area (Å²) in [7, 11) is 0. The fourth-order valence-corrected chi connectivity index (χ4v) is 2.21. The topological polar surface area (TPSA) is 23.5 Å². The minimum Gasteiger partial charge on any atom is -0.396 e. The molecule has 0 spiro atoms. The Hall–Kier alpha value is 0.01000. The number of rotatable bonds is 5. The van der Waals surface area contributed by atoms with Crippen LogP contribution in [0.25, 0.3) is 0 Å². The molecule has 0 amide bonds. The Balaban J connectivity index is 2.33. The summed E-state index contributed by atoms with van der Waals surface area (Å²) in [6.45, 7) is 2.52. The maximum Gasteiger partial charge on any atom is 0.0445 e. The molecule has 1 aliphatic heterocycles. The van der Waals surface area contributed by atoms with Crippen molar-refractivity contribution in [3.05, 3.63) is 12.2 Å². The third kappa shape index (κ3) is 4.03. The van der Waals surface area contributed by atoms with E-state index >= 15 is 0 Å². The van der Waals surface area contributed by atoms with Gasteiger partial charge in [0.2, 0.25) is 0 Å². The van der Waals surface area contributed by atoms with Gasteiger partial charge in [-0.25, -0.2) is 0 Å². The van der Waals surface area contributed by atoms with Crippen LogP contribution in [-0.4, -0.2) is 41.5 Å². The molecule has 2 nitrogen and oxygen atoms in total. The van der Waals surface area contributed by atoms with Crippen LogP contribution in [0.1, 0.15) is 25.7 Å². The Morgan fingerprint density at radius 1 is 1.36 bits per heavy atom. The molecular weight excluding hydrogens is 194 g/mol. The van der Waals surface area contributed by atoms with Crippen molar-refractivity contribution in [3.8, 4) is 0 Å². The highest BCUT2D eigenvalue weighted by atomic mass is 32.1. The van der Waals surface area contributed by atoms with Crippen LogP contribution in [0.5, 0.6) is 0 Å². The molecule has 1 fully saturated rings. The van der Waals surface area contributed by atoms with E-state index in [0.717, 1.165) is 18.7 Å². The van der Waals surface area contributed by atoms with Crippen molar-refractivity contribution in [3.63, 3.8) is 0 Å². The van der Waals surface area contributed by atoms with Crippen LogP contribution in [0.3, 0.4) is 0 Å². The molecule has 1 heterocycles. The number of aliphatic hydroxyl groups is 1. The molecule has 3 heteroatoms. The van der Waals surface area contributed by atoms with Gasteiger partial charge in [-0.3, -0.25) is 4.90 Å². The minimum atomic E-state index is 0.317. The highest BCUT2D eigenvalue weighted by Gasteiger charge is 2.20. The Labute approximate surface area is 92.4 Å². The molecule has 1 aliphatic rings. The highest BCUT2D eigenvalue weighted by Crippen LogP contribution is 2.18.